The Morgan fingerprint density at radius 1 is 1.29 bits per heavy atom. The average Bonchev–Trinajstić information content (AvgIpc) is 2.50. The first kappa shape index (κ1) is 19.3. The zero-order valence-electron chi connectivity index (χ0n) is 12.6. The molecule has 0 aliphatic heterocycles. The zero-order chi connectivity index (χ0) is 18.1. The van der Waals surface area contributed by atoms with Crippen molar-refractivity contribution in [3.8, 4) is 17.6 Å². The van der Waals surface area contributed by atoms with Gasteiger partial charge in [-0.05, 0) is 18.2 Å². The van der Waals surface area contributed by atoms with Crippen molar-refractivity contribution in [1.82, 2.24) is 4.90 Å². The van der Waals surface area contributed by atoms with E-state index in [9.17, 15) is 22.4 Å². The van der Waals surface area contributed by atoms with Crippen LogP contribution in [0.25, 0.3) is 6.08 Å². The van der Waals surface area contributed by atoms with Crippen LogP contribution in [0.1, 0.15) is 12.0 Å². The van der Waals surface area contributed by atoms with E-state index in [1.54, 1.807) is 0 Å². The van der Waals surface area contributed by atoms with Crippen LogP contribution in [0, 0.1) is 11.3 Å². The Labute approximate surface area is 135 Å². The molecule has 0 saturated heterocycles. The minimum absolute atomic E-state index is 0.0824. The summed E-state index contributed by atoms with van der Waals surface area (Å²) >= 11 is 0. The Morgan fingerprint density at radius 3 is 2.54 bits per heavy atom. The minimum atomic E-state index is -3.17. The number of alkyl halides is 4. The van der Waals surface area contributed by atoms with Gasteiger partial charge in [0, 0.05) is 31.3 Å². The highest BCUT2D eigenvalue weighted by Crippen LogP contribution is 2.28. The first-order valence-electron chi connectivity index (χ1n) is 6.67. The average molecular weight is 346 g/mol. The van der Waals surface area contributed by atoms with E-state index in [-0.39, 0.29) is 24.3 Å². The molecule has 0 aliphatic rings. The number of carbonyl (C=O) groups is 1. The lowest BCUT2D eigenvalue weighted by atomic mass is 10.1. The van der Waals surface area contributed by atoms with Crippen molar-refractivity contribution < 1.29 is 31.8 Å². The van der Waals surface area contributed by atoms with Crippen LogP contribution in [0.3, 0.4) is 0 Å². The number of likely N-dealkylation sites (N-methyl/N-ethyl adjacent to an activating group) is 1. The summed E-state index contributed by atoms with van der Waals surface area (Å²) in [6.45, 7) is -6.07. The SMILES string of the molecule is CN(CCC#N)C(=O)/C=C/c1ccc(OC(F)F)cc1OC(F)F. The largest absolute Gasteiger partial charge is 0.435 e. The van der Waals surface area contributed by atoms with Gasteiger partial charge >= 0.3 is 13.2 Å². The van der Waals surface area contributed by atoms with Gasteiger partial charge in [0.15, 0.2) is 0 Å². The van der Waals surface area contributed by atoms with E-state index >= 15 is 0 Å². The van der Waals surface area contributed by atoms with Crippen LogP contribution >= 0.6 is 0 Å². The zero-order valence-corrected chi connectivity index (χ0v) is 12.6. The third kappa shape index (κ3) is 6.56. The van der Waals surface area contributed by atoms with Gasteiger partial charge in [0.25, 0.3) is 0 Å². The van der Waals surface area contributed by atoms with Crippen molar-refractivity contribution in [2.75, 3.05) is 13.6 Å². The van der Waals surface area contributed by atoms with Gasteiger partial charge in [0.2, 0.25) is 5.91 Å². The van der Waals surface area contributed by atoms with Crippen LogP contribution in [0.5, 0.6) is 11.5 Å². The molecule has 0 spiro atoms. The summed E-state index contributed by atoms with van der Waals surface area (Å²) in [6, 6.07) is 5.10. The van der Waals surface area contributed by atoms with E-state index in [2.05, 4.69) is 9.47 Å². The van der Waals surface area contributed by atoms with Crippen LogP contribution in [0.2, 0.25) is 0 Å². The van der Waals surface area contributed by atoms with Crippen LogP contribution in [-0.4, -0.2) is 37.6 Å². The number of amides is 1. The molecule has 0 N–H and O–H groups in total. The number of benzene rings is 1. The fourth-order valence-electron chi connectivity index (χ4n) is 1.64. The van der Waals surface area contributed by atoms with E-state index in [1.165, 1.54) is 24.1 Å². The van der Waals surface area contributed by atoms with Gasteiger partial charge in [-0.2, -0.15) is 22.8 Å². The molecular formula is C15H14F4N2O3. The topological polar surface area (TPSA) is 62.6 Å². The number of hydrogen-bond acceptors (Lipinski definition) is 4. The van der Waals surface area contributed by atoms with Crippen molar-refractivity contribution in [3.05, 3.63) is 29.8 Å². The highest BCUT2D eigenvalue weighted by atomic mass is 19.3. The molecule has 0 unspecified atom stereocenters. The third-order valence-corrected chi connectivity index (χ3v) is 2.77. The second-order valence-corrected chi connectivity index (χ2v) is 4.46. The highest BCUT2D eigenvalue weighted by Gasteiger charge is 2.13. The van der Waals surface area contributed by atoms with Crippen LogP contribution in [0.4, 0.5) is 17.6 Å². The number of carbonyl (C=O) groups excluding carboxylic acids is 1. The Hall–Kier alpha value is -2.76. The summed E-state index contributed by atoms with van der Waals surface area (Å²) in [7, 11) is 1.47. The number of halogens is 4. The molecular weight excluding hydrogens is 332 g/mol. The molecule has 0 aliphatic carbocycles. The molecule has 5 nitrogen and oxygen atoms in total. The minimum Gasteiger partial charge on any atom is -0.435 e. The van der Waals surface area contributed by atoms with Gasteiger partial charge in [-0.3, -0.25) is 4.79 Å². The predicted molar refractivity (Wildman–Crippen MR) is 76.6 cm³/mol. The lowest BCUT2D eigenvalue weighted by Gasteiger charge is -2.13. The fraction of sp³-hybridized carbons (Fsp3) is 0.333. The van der Waals surface area contributed by atoms with Crippen LogP contribution < -0.4 is 9.47 Å². The molecule has 0 atom stereocenters. The maximum atomic E-state index is 12.4. The van der Waals surface area contributed by atoms with E-state index in [4.69, 9.17) is 5.26 Å². The number of ether oxygens (including phenoxy) is 2. The quantitative estimate of drug-likeness (QED) is 0.535. The van der Waals surface area contributed by atoms with E-state index in [0.717, 1.165) is 18.2 Å². The summed E-state index contributed by atoms with van der Waals surface area (Å²) in [6.07, 6.45) is 2.45. The second kappa shape index (κ2) is 9.39. The summed E-state index contributed by atoms with van der Waals surface area (Å²) < 4.78 is 57.5. The molecule has 0 fully saturated rings. The maximum absolute atomic E-state index is 12.4. The molecule has 1 amide bonds. The van der Waals surface area contributed by atoms with Crippen molar-refractivity contribution in [2.24, 2.45) is 0 Å². The number of nitriles is 1. The molecule has 0 bridgehead atoms. The summed E-state index contributed by atoms with van der Waals surface area (Å²) in [5.74, 6) is -1.22. The Kier molecular flexibility index (Phi) is 7.55. The monoisotopic (exact) mass is 346 g/mol. The summed E-state index contributed by atoms with van der Waals surface area (Å²) in [5.41, 5.74) is 0.0824. The van der Waals surface area contributed by atoms with Crippen LogP contribution in [-0.2, 0) is 4.79 Å². The van der Waals surface area contributed by atoms with Crippen molar-refractivity contribution >= 4 is 12.0 Å². The molecule has 1 rings (SSSR count). The number of rotatable bonds is 8. The van der Waals surface area contributed by atoms with E-state index in [0.29, 0.717) is 0 Å². The first-order valence-corrected chi connectivity index (χ1v) is 6.67. The summed E-state index contributed by atoms with van der Waals surface area (Å²) in [5, 5.41) is 8.45. The van der Waals surface area contributed by atoms with Gasteiger partial charge in [0.05, 0.1) is 12.5 Å². The summed E-state index contributed by atoms with van der Waals surface area (Å²) in [4.78, 5) is 13.1. The van der Waals surface area contributed by atoms with Gasteiger partial charge in [-0.25, -0.2) is 0 Å². The lowest BCUT2D eigenvalue weighted by Crippen LogP contribution is -2.25. The first-order chi connectivity index (χ1) is 11.3. The normalized spacial score (nSPS) is 10.9. The molecule has 1 aromatic carbocycles. The van der Waals surface area contributed by atoms with E-state index < -0.39 is 24.9 Å². The molecule has 24 heavy (non-hydrogen) atoms. The molecule has 0 heterocycles. The van der Waals surface area contributed by atoms with E-state index in [1.807, 2.05) is 6.07 Å². The second-order valence-electron chi connectivity index (χ2n) is 4.46. The number of hydrogen-bond donors (Lipinski definition) is 0. The van der Waals surface area contributed by atoms with Crippen molar-refractivity contribution in [2.45, 2.75) is 19.6 Å². The molecule has 1 aromatic rings. The Balaban J connectivity index is 2.94. The van der Waals surface area contributed by atoms with Crippen molar-refractivity contribution in [3.63, 3.8) is 0 Å². The maximum Gasteiger partial charge on any atom is 0.387 e. The molecule has 0 radical (unpaired) electrons. The third-order valence-electron chi connectivity index (χ3n) is 2.77. The Morgan fingerprint density at radius 2 is 1.96 bits per heavy atom. The lowest BCUT2D eigenvalue weighted by molar-refractivity contribution is -0.124. The van der Waals surface area contributed by atoms with Gasteiger partial charge in [-0.15, -0.1) is 0 Å². The molecule has 0 saturated carbocycles. The standard InChI is InChI=1S/C15H14F4N2O3/c1-21(8-2-7-20)13(22)6-4-10-3-5-11(23-14(16)17)9-12(10)24-15(18)19/h3-6,9,14-15H,2,8H2,1H3/b6-4+. The van der Waals surface area contributed by atoms with Gasteiger partial charge < -0.3 is 14.4 Å². The van der Waals surface area contributed by atoms with Gasteiger partial charge in [0.1, 0.15) is 11.5 Å². The predicted octanol–water partition coefficient (Wildman–Crippen LogP) is 3.27. The molecule has 0 aromatic heterocycles. The Bertz CT molecular complexity index is 630. The fourth-order valence-corrected chi connectivity index (χ4v) is 1.64. The molecule has 130 valence electrons. The van der Waals surface area contributed by atoms with Crippen LogP contribution in [0.15, 0.2) is 24.3 Å². The number of nitrogens with zero attached hydrogens (tertiary/aromatic N) is 2. The molecule has 9 heteroatoms. The van der Waals surface area contributed by atoms with Gasteiger partial charge in [-0.1, -0.05) is 0 Å². The highest BCUT2D eigenvalue weighted by molar-refractivity contribution is 5.92. The van der Waals surface area contributed by atoms with Crippen molar-refractivity contribution in [1.29, 1.82) is 5.26 Å². The smallest absolute Gasteiger partial charge is 0.387 e.